The van der Waals surface area contributed by atoms with E-state index >= 15 is 0 Å². The number of esters is 1. The minimum Gasteiger partial charge on any atom is -0.465 e. The summed E-state index contributed by atoms with van der Waals surface area (Å²) < 4.78 is 28.9. The maximum atomic E-state index is 12.1. The molecule has 0 heterocycles. The van der Waals surface area contributed by atoms with Gasteiger partial charge in [0.25, 0.3) is 0 Å². The van der Waals surface area contributed by atoms with Crippen LogP contribution >= 0.6 is 0 Å². The van der Waals surface area contributed by atoms with Crippen LogP contribution in [0.3, 0.4) is 0 Å². The molecule has 0 saturated heterocycles. The molecular weight excluding hydrogens is 288 g/mol. The predicted octanol–water partition coefficient (Wildman–Crippen LogP) is 3.34. The van der Waals surface area contributed by atoms with Crippen molar-refractivity contribution in [3.63, 3.8) is 0 Å². The lowest BCUT2D eigenvalue weighted by atomic mass is 9.92. The van der Waals surface area contributed by atoms with Gasteiger partial charge in [-0.05, 0) is 36.0 Å². The Kier molecular flexibility index (Phi) is 5.96. The average molecular weight is 312 g/mol. The molecule has 0 amide bonds. The highest BCUT2D eigenvalue weighted by Crippen LogP contribution is 2.31. The number of hydrogen-bond acceptors (Lipinski definition) is 4. The molecule has 0 radical (unpaired) electrons. The summed E-state index contributed by atoms with van der Waals surface area (Å²) in [5.74, 6) is -0.358. The van der Waals surface area contributed by atoms with Crippen LogP contribution in [0.4, 0.5) is 0 Å². The third kappa shape index (κ3) is 4.06. The first-order chi connectivity index (χ1) is 9.76. The fraction of sp³-hybridized carbons (Fsp3) is 0.562. The van der Waals surface area contributed by atoms with E-state index in [2.05, 4.69) is 6.92 Å². The topological polar surface area (TPSA) is 60.4 Å². The monoisotopic (exact) mass is 312 g/mol. The van der Waals surface area contributed by atoms with Crippen LogP contribution < -0.4 is 0 Å². The van der Waals surface area contributed by atoms with Crippen molar-refractivity contribution in [1.29, 1.82) is 0 Å². The maximum Gasteiger partial charge on any atom is 0.338 e. The molecule has 118 valence electrons. The van der Waals surface area contributed by atoms with Crippen LogP contribution in [0.5, 0.6) is 0 Å². The van der Waals surface area contributed by atoms with E-state index in [0.717, 1.165) is 24.0 Å². The van der Waals surface area contributed by atoms with E-state index < -0.39 is 15.8 Å². The summed E-state index contributed by atoms with van der Waals surface area (Å²) in [5, 5.41) is 0. The lowest BCUT2D eigenvalue weighted by Gasteiger charge is -2.18. The summed E-state index contributed by atoms with van der Waals surface area (Å²) in [7, 11) is -2.09. The molecule has 1 aromatic carbocycles. The Hall–Kier alpha value is -1.36. The van der Waals surface area contributed by atoms with Crippen LogP contribution in [0.15, 0.2) is 17.0 Å². The average Bonchev–Trinajstić information content (AvgIpc) is 2.44. The molecule has 0 aliphatic rings. The zero-order valence-corrected chi connectivity index (χ0v) is 14.2. The fourth-order valence-electron chi connectivity index (χ4n) is 2.53. The molecule has 0 fully saturated rings. The maximum absolute atomic E-state index is 12.1. The normalized spacial score (nSPS) is 13.0. The summed E-state index contributed by atoms with van der Waals surface area (Å²) in [5.41, 5.74) is 1.96. The van der Waals surface area contributed by atoms with Crippen molar-refractivity contribution in [2.75, 3.05) is 13.4 Å². The van der Waals surface area contributed by atoms with Gasteiger partial charge < -0.3 is 4.74 Å². The number of carbonyl (C=O) groups is 1. The van der Waals surface area contributed by atoms with Gasteiger partial charge in [0.1, 0.15) is 0 Å². The smallest absolute Gasteiger partial charge is 0.338 e. The van der Waals surface area contributed by atoms with Gasteiger partial charge in [0, 0.05) is 6.26 Å². The Morgan fingerprint density at radius 1 is 1.29 bits per heavy atom. The summed E-state index contributed by atoms with van der Waals surface area (Å²) in [6.45, 7) is 6.03. The van der Waals surface area contributed by atoms with Gasteiger partial charge in [-0.3, -0.25) is 0 Å². The van der Waals surface area contributed by atoms with Gasteiger partial charge in [-0.2, -0.15) is 0 Å². The molecule has 0 N–H and O–H groups in total. The minimum absolute atomic E-state index is 0.136. The van der Waals surface area contributed by atoms with Crippen LogP contribution in [0.25, 0.3) is 0 Å². The molecule has 1 aromatic rings. The number of sulfone groups is 1. The quantitative estimate of drug-likeness (QED) is 0.756. The summed E-state index contributed by atoms with van der Waals surface area (Å²) in [6.07, 6.45) is 3.71. The van der Waals surface area contributed by atoms with E-state index in [1.807, 2.05) is 19.9 Å². The second-order valence-corrected chi connectivity index (χ2v) is 7.34. The molecule has 0 aliphatic heterocycles. The SMILES string of the molecule is CCCC(C)c1cc(CC)c(C(=O)OC)cc1S(C)(=O)=O. The van der Waals surface area contributed by atoms with Crippen LogP contribution in [0.1, 0.15) is 61.0 Å². The van der Waals surface area contributed by atoms with E-state index in [1.54, 1.807) is 0 Å². The summed E-state index contributed by atoms with van der Waals surface area (Å²) >= 11 is 0. The van der Waals surface area contributed by atoms with E-state index in [9.17, 15) is 13.2 Å². The highest BCUT2D eigenvalue weighted by molar-refractivity contribution is 7.90. The third-order valence-electron chi connectivity index (χ3n) is 3.67. The van der Waals surface area contributed by atoms with Gasteiger partial charge in [0.05, 0.1) is 17.6 Å². The number of benzene rings is 1. The van der Waals surface area contributed by atoms with Crippen LogP contribution in [0, 0.1) is 0 Å². The largest absolute Gasteiger partial charge is 0.465 e. The lowest BCUT2D eigenvalue weighted by molar-refractivity contribution is 0.0599. The van der Waals surface area contributed by atoms with E-state index in [-0.39, 0.29) is 10.8 Å². The van der Waals surface area contributed by atoms with Gasteiger partial charge >= 0.3 is 5.97 Å². The van der Waals surface area contributed by atoms with Gasteiger partial charge in [0.15, 0.2) is 9.84 Å². The van der Waals surface area contributed by atoms with Crippen LogP contribution in [-0.4, -0.2) is 27.8 Å². The Morgan fingerprint density at radius 3 is 2.33 bits per heavy atom. The summed E-state index contributed by atoms with van der Waals surface area (Å²) in [4.78, 5) is 12.1. The number of rotatable bonds is 6. The molecule has 1 atom stereocenters. The number of methoxy groups -OCH3 is 1. The predicted molar refractivity (Wildman–Crippen MR) is 83.6 cm³/mol. The molecule has 21 heavy (non-hydrogen) atoms. The zero-order valence-electron chi connectivity index (χ0n) is 13.4. The molecule has 1 unspecified atom stereocenters. The first kappa shape index (κ1) is 17.7. The zero-order chi connectivity index (χ0) is 16.2. The second-order valence-electron chi connectivity index (χ2n) is 5.35. The lowest BCUT2D eigenvalue weighted by Crippen LogP contribution is -2.12. The highest BCUT2D eigenvalue weighted by Gasteiger charge is 2.23. The minimum atomic E-state index is -3.39. The molecular formula is C16H24O4S. The molecule has 0 spiro atoms. The van der Waals surface area contributed by atoms with E-state index in [1.165, 1.54) is 19.4 Å². The van der Waals surface area contributed by atoms with Gasteiger partial charge in [-0.1, -0.05) is 33.3 Å². The number of carbonyl (C=O) groups excluding carboxylic acids is 1. The Bertz CT molecular complexity index is 617. The van der Waals surface area contributed by atoms with Crippen LogP contribution in [0.2, 0.25) is 0 Å². The van der Waals surface area contributed by atoms with Crippen molar-refractivity contribution in [2.24, 2.45) is 0 Å². The van der Waals surface area contributed by atoms with E-state index in [0.29, 0.717) is 12.0 Å². The fourth-order valence-corrected chi connectivity index (χ4v) is 3.55. The highest BCUT2D eigenvalue weighted by atomic mass is 32.2. The van der Waals surface area contributed by atoms with E-state index in [4.69, 9.17) is 4.74 Å². The number of aryl methyl sites for hydroxylation is 1. The molecule has 0 saturated carbocycles. The van der Waals surface area contributed by atoms with Gasteiger partial charge in [-0.15, -0.1) is 0 Å². The van der Waals surface area contributed by atoms with Crippen molar-refractivity contribution in [2.45, 2.75) is 50.8 Å². The molecule has 0 bridgehead atoms. The number of ether oxygens (including phenoxy) is 1. The Balaban J connectivity index is 3.60. The first-order valence-corrected chi connectivity index (χ1v) is 9.10. The summed E-state index contributed by atoms with van der Waals surface area (Å²) in [6, 6.07) is 3.32. The van der Waals surface area contributed by atoms with Crippen molar-refractivity contribution in [3.8, 4) is 0 Å². The van der Waals surface area contributed by atoms with Crippen molar-refractivity contribution in [3.05, 3.63) is 28.8 Å². The number of hydrogen-bond donors (Lipinski definition) is 0. The Labute approximate surface area is 127 Å². The standard InChI is InChI=1S/C16H24O4S/c1-6-8-11(3)13-9-12(7-2)14(16(17)20-4)10-15(13)21(5,18)19/h9-11H,6-8H2,1-5H3. The van der Waals surface area contributed by atoms with Crippen molar-refractivity contribution >= 4 is 15.8 Å². The van der Waals surface area contributed by atoms with Gasteiger partial charge in [0.2, 0.25) is 0 Å². The molecule has 0 aliphatic carbocycles. The van der Waals surface area contributed by atoms with Crippen molar-refractivity contribution < 1.29 is 17.9 Å². The third-order valence-corrected chi connectivity index (χ3v) is 4.83. The molecule has 1 rings (SSSR count). The van der Waals surface area contributed by atoms with Crippen LogP contribution in [-0.2, 0) is 21.0 Å². The molecule has 4 nitrogen and oxygen atoms in total. The van der Waals surface area contributed by atoms with Crippen molar-refractivity contribution in [1.82, 2.24) is 0 Å². The Morgan fingerprint density at radius 2 is 1.90 bits per heavy atom. The molecule has 0 aromatic heterocycles. The second kappa shape index (κ2) is 7.07. The molecule has 5 heteroatoms. The van der Waals surface area contributed by atoms with Gasteiger partial charge in [-0.25, -0.2) is 13.2 Å². The first-order valence-electron chi connectivity index (χ1n) is 7.21.